The van der Waals surface area contributed by atoms with Crippen LogP contribution in [0.25, 0.3) is 0 Å². The van der Waals surface area contributed by atoms with Crippen LogP contribution >= 0.6 is 15.9 Å². The first kappa shape index (κ1) is 14.8. The highest BCUT2D eigenvalue weighted by Gasteiger charge is 2.18. The lowest BCUT2D eigenvalue weighted by Gasteiger charge is -2.17. The highest BCUT2D eigenvalue weighted by molar-refractivity contribution is 9.10. The van der Waals surface area contributed by atoms with Crippen LogP contribution in [0.4, 0.5) is 23.2 Å². The molecule has 0 heterocycles. The fourth-order valence-corrected chi connectivity index (χ4v) is 2.23. The van der Waals surface area contributed by atoms with Crippen LogP contribution in [0.3, 0.4) is 0 Å². The van der Waals surface area contributed by atoms with Gasteiger partial charge >= 0.3 is 0 Å². The van der Waals surface area contributed by atoms with E-state index in [0.717, 1.165) is 18.2 Å². The maximum atomic E-state index is 13.7. The van der Waals surface area contributed by atoms with Gasteiger partial charge in [-0.25, -0.2) is 17.6 Å². The van der Waals surface area contributed by atoms with Gasteiger partial charge in [-0.15, -0.1) is 0 Å². The molecule has 0 fully saturated rings. The summed E-state index contributed by atoms with van der Waals surface area (Å²) in [6.45, 7) is 1.48. The smallest absolute Gasteiger partial charge is 0.164 e. The zero-order valence-electron chi connectivity index (χ0n) is 10.4. The molecule has 1 N–H and O–H groups in total. The molecule has 0 saturated heterocycles. The zero-order chi connectivity index (χ0) is 14.9. The van der Waals surface area contributed by atoms with Gasteiger partial charge in [0.05, 0.1) is 6.04 Å². The van der Waals surface area contributed by atoms with Crippen LogP contribution in [0.5, 0.6) is 0 Å². The summed E-state index contributed by atoms with van der Waals surface area (Å²) in [6.07, 6.45) is 0. The van der Waals surface area contributed by atoms with Gasteiger partial charge in [-0.3, -0.25) is 0 Å². The Bertz CT molecular complexity index is 622. The van der Waals surface area contributed by atoms with Crippen molar-refractivity contribution in [2.75, 3.05) is 5.32 Å². The number of halogens is 5. The Morgan fingerprint density at radius 2 is 1.60 bits per heavy atom. The van der Waals surface area contributed by atoms with E-state index in [1.807, 2.05) is 0 Å². The third-order valence-corrected chi connectivity index (χ3v) is 3.27. The second-order valence-electron chi connectivity index (χ2n) is 4.25. The molecule has 0 aliphatic rings. The maximum absolute atomic E-state index is 13.7. The minimum absolute atomic E-state index is 0.00767. The molecule has 20 heavy (non-hydrogen) atoms. The molecule has 2 rings (SSSR count). The Balaban J connectivity index is 2.33. The van der Waals surface area contributed by atoms with Crippen LogP contribution < -0.4 is 5.32 Å². The molecule has 0 aliphatic carbocycles. The molecule has 6 heteroatoms. The quantitative estimate of drug-likeness (QED) is 0.754. The van der Waals surface area contributed by atoms with Gasteiger partial charge in [0.25, 0.3) is 0 Å². The fraction of sp³-hybridized carbons (Fsp3) is 0.143. The predicted molar refractivity (Wildman–Crippen MR) is 72.5 cm³/mol. The van der Waals surface area contributed by atoms with Gasteiger partial charge in [0, 0.05) is 10.0 Å². The minimum atomic E-state index is -1.04. The standard InChI is InChI=1S/C14H10BrF4N/c1-7(9-3-2-4-10(16)13(9)19)20-14-11(17)5-8(15)6-12(14)18/h2-7,20H,1H3. The zero-order valence-corrected chi connectivity index (χ0v) is 11.9. The first-order valence-electron chi connectivity index (χ1n) is 5.75. The Morgan fingerprint density at radius 1 is 1.00 bits per heavy atom. The Hall–Kier alpha value is -1.56. The monoisotopic (exact) mass is 347 g/mol. The first-order valence-corrected chi connectivity index (χ1v) is 6.54. The van der Waals surface area contributed by atoms with Crippen molar-refractivity contribution >= 4 is 21.6 Å². The van der Waals surface area contributed by atoms with Crippen molar-refractivity contribution < 1.29 is 17.6 Å². The second-order valence-corrected chi connectivity index (χ2v) is 5.17. The molecule has 106 valence electrons. The first-order chi connectivity index (χ1) is 9.40. The van der Waals surface area contributed by atoms with Gasteiger partial charge in [0.15, 0.2) is 11.6 Å². The molecule has 2 aromatic rings. The van der Waals surface area contributed by atoms with E-state index >= 15 is 0 Å². The molecule has 0 spiro atoms. The fourth-order valence-electron chi connectivity index (χ4n) is 1.83. The highest BCUT2D eigenvalue weighted by atomic mass is 79.9. The Labute approximate surface area is 121 Å². The van der Waals surface area contributed by atoms with Crippen LogP contribution in [-0.4, -0.2) is 0 Å². The van der Waals surface area contributed by atoms with E-state index < -0.39 is 29.3 Å². The molecule has 1 atom stereocenters. The lowest BCUT2D eigenvalue weighted by molar-refractivity contribution is 0.494. The van der Waals surface area contributed by atoms with E-state index in [-0.39, 0.29) is 15.7 Å². The lowest BCUT2D eigenvalue weighted by atomic mass is 10.1. The van der Waals surface area contributed by atoms with Gasteiger partial charge in [0.1, 0.15) is 17.3 Å². The van der Waals surface area contributed by atoms with Gasteiger partial charge in [0.2, 0.25) is 0 Å². The molecular formula is C14H10BrF4N. The molecule has 0 saturated carbocycles. The SMILES string of the molecule is CC(Nc1c(F)cc(Br)cc1F)c1cccc(F)c1F. The number of anilines is 1. The van der Waals surface area contributed by atoms with E-state index in [1.54, 1.807) is 0 Å². The van der Waals surface area contributed by atoms with Crippen LogP contribution in [0.1, 0.15) is 18.5 Å². The van der Waals surface area contributed by atoms with Crippen molar-refractivity contribution in [2.24, 2.45) is 0 Å². The number of rotatable bonds is 3. The third kappa shape index (κ3) is 2.95. The summed E-state index contributed by atoms with van der Waals surface area (Å²) < 4.78 is 54.3. The molecule has 0 radical (unpaired) electrons. The van der Waals surface area contributed by atoms with E-state index in [9.17, 15) is 17.6 Å². The summed E-state index contributed by atoms with van der Waals surface area (Å²) in [4.78, 5) is 0. The van der Waals surface area contributed by atoms with Gasteiger partial charge in [-0.1, -0.05) is 28.1 Å². The molecule has 0 aliphatic heterocycles. The summed E-state index contributed by atoms with van der Waals surface area (Å²) in [5, 5.41) is 2.51. The van der Waals surface area contributed by atoms with Crippen LogP contribution in [0.2, 0.25) is 0 Å². The average molecular weight is 348 g/mol. The molecule has 1 nitrogen and oxygen atoms in total. The Morgan fingerprint density at radius 3 is 2.20 bits per heavy atom. The largest absolute Gasteiger partial charge is 0.374 e. The van der Waals surface area contributed by atoms with E-state index in [0.29, 0.717) is 0 Å². The van der Waals surface area contributed by atoms with Crippen molar-refractivity contribution in [1.82, 2.24) is 0 Å². The molecule has 0 bridgehead atoms. The van der Waals surface area contributed by atoms with E-state index in [4.69, 9.17) is 0 Å². The highest BCUT2D eigenvalue weighted by Crippen LogP contribution is 2.28. The molecule has 2 aromatic carbocycles. The Kier molecular flexibility index (Phi) is 4.32. The van der Waals surface area contributed by atoms with Crippen molar-refractivity contribution in [3.05, 3.63) is 63.6 Å². The number of hydrogen-bond donors (Lipinski definition) is 1. The summed E-state index contributed by atoms with van der Waals surface area (Å²) in [5.41, 5.74) is -0.393. The van der Waals surface area contributed by atoms with Crippen molar-refractivity contribution in [2.45, 2.75) is 13.0 Å². The average Bonchev–Trinajstić information content (AvgIpc) is 2.36. The van der Waals surface area contributed by atoms with Crippen LogP contribution in [0.15, 0.2) is 34.8 Å². The van der Waals surface area contributed by atoms with E-state index in [1.165, 1.54) is 19.1 Å². The normalized spacial score (nSPS) is 12.3. The molecular weight excluding hydrogens is 338 g/mol. The van der Waals surface area contributed by atoms with Crippen molar-refractivity contribution in [1.29, 1.82) is 0 Å². The summed E-state index contributed by atoms with van der Waals surface area (Å²) in [7, 11) is 0. The van der Waals surface area contributed by atoms with Crippen molar-refractivity contribution in [3.8, 4) is 0 Å². The van der Waals surface area contributed by atoms with Gasteiger partial charge in [-0.05, 0) is 25.1 Å². The second kappa shape index (κ2) is 5.83. The van der Waals surface area contributed by atoms with E-state index in [2.05, 4.69) is 21.2 Å². The number of nitrogens with one attached hydrogen (secondary N) is 1. The van der Waals surface area contributed by atoms with Gasteiger partial charge < -0.3 is 5.32 Å². The summed E-state index contributed by atoms with van der Waals surface area (Å²) >= 11 is 2.96. The molecule has 0 aromatic heterocycles. The van der Waals surface area contributed by atoms with Crippen molar-refractivity contribution in [3.63, 3.8) is 0 Å². The van der Waals surface area contributed by atoms with Gasteiger partial charge in [-0.2, -0.15) is 0 Å². The lowest BCUT2D eigenvalue weighted by Crippen LogP contribution is -2.12. The molecule has 1 unspecified atom stereocenters. The summed E-state index contributed by atoms with van der Waals surface area (Å²) in [5.74, 6) is -3.68. The number of benzene rings is 2. The minimum Gasteiger partial charge on any atom is -0.374 e. The van der Waals surface area contributed by atoms with Crippen LogP contribution in [-0.2, 0) is 0 Å². The van der Waals surface area contributed by atoms with Crippen LogP contribution in [0, 0.1) is 23.3 Å². The number of hydrogen-bond acceptors (Lipinski definition) is 1. The predicted octanol–water partition coefficient (Wildman–Crippen LogP) is 5.18. The maximum Gasteiger partial charge on any atom is 0.164 e. The topological polar surface area (TPSA) is 12.0 Å². The third-order valence-electron chi connectivity index (χ3n) is 2.82. The molecule has 0 amide bonds. The summed E-state index contributed by atoms with van der Waals surface area (Å²) in [6, 6.07) is 5.04.